The standard InChI is InChI=1S/C16H22N2O3/c1-10(2)18(11(3)4)16(20)15(19)14-12-7-5-6-8-13(12)21-9-17-14/h5-8,10-11,14,17H,9H2,1-4H3. The van der Waals surface area contributed by atoms with Crippen LogP contribution in [0.15, 0.2) is 24.3 Å². The maximum absolute atomic E-state index is 12.6. The molecular formula is C16H22N2O3. The molecule has 0 saturated heterocycles. The average Bonchev–Trinajstić information content (AvgIpc) is 2.45. The minimum atomic E-state index is -0.637. The van der Waals surface area contributed by atoms with Gasteiger partial charge >= 0.3 is 0 Å². The predicted molar refractivity (Wildman–Crippen MR) is 79.9 cm³/mol. The van der Waals surface area contributed by atoms with E-state index < -0.39 is 17.7 Å². The number of fused-ring (bicyclic) bond motifs is 1. The summed E-state index contributed by atoms with van der Waals surface area (Å²) < 4.78 is 5.45. The number of carbonyl (C=O) groups excluding carboxylic acids is 2. The van der Waals surface area contributed by atoms with E-state index in [-0.39, 0.29) is 18.8 Å². The van der Waals surface area contributed by atoms with Crippen molar-refractivity contribution in [3.05, 3.63) is 29.8 Å². The Hall–Kier alpha value is -1.88. The SMILES string of the molecule is CC(C)N(C(=O)C(=O)C1NCOc2ccccc21)C(C)C. The lowest BCUT2D eigenvalue weighted by molar-refractivity contribution is -0.148. The van der Waals surface area contributed by atoms with Crippen LogP contribution in [-0.4, -0.2) is 35.4 Å². The molecule has 21 heavy (non-hydrogen) atoms. The van der Waals surface area contributed by atoms with Crippen molar-refractivity contribution in [3.8, 4) is 5.75 Å². The van der Waals surface area contributed by atoms with E-state index in [2.05, 4.69) is 5.32 Å². The van der Waals surface area contributed by atoms with Gasteiger partial charge in [0.2, 0.25) is 5.78 Å². The second-order valence-electron chi connectivity index (χ2n) is 5.73. The molecule has 0 saturated carbocycles. The molecule has 1 aromatic carbocycles. The molecule has 1 aliphatic heterocycles. The van der Waals surface area contributed by atoms with E-state index in [1.165, 1.54) is 0 Å². The predicted octanol–water partition coefficient (Wildman–Crippen LogP) is 1.88. The van der Waals surface area contributed by atoms with Crippen molar-refractivity contribution in [1.29, 1.82) is 0 Å². The quantitative estimate of drug-likeness (QED) is 0.860. The zero-order valence-corrected chi connectivity index (χ0v) is 12.9. The molecule has 5 heteroatoms. The zero-order chi connectivity index (χ0) is 15.6. The lowest BCUT2D eigenvalue weighted by atomic mass is 9.99. The minimum Gasteiger partial charge on any atom is -0.478 e. The number of hydrogen-bond donors (Lipinski definition) is 1. The third-order valence-electron chi connectivity index (χ3n) is 3.57. The van der Waals surface area contributed by atoms with Gasteiger partial charge in [-0.05, 0) is 33.8 Å². The minimum absolute atomic E-state index is 0.0171. The van der Waals surface area contributed by atoms with E-state index in [0.717, 1.165) is 5.56 Å². The van der Waals surface area contributed by atoms with Gasteiger partial charge < -0.3 is 9.64 Å². The van der Waals surface area contributed by atoms with Crippen LogP contribution in [0.3, 0.4) is 0 Å². The number of Topliss-reactive ketones (excluding diaryl/α,β-unsaturated/α-hetero) is 1. The van der Waals surface area contributed by atoms with Crippen molar-refractivity contribution in [2.75, 3.05) is 6.73 Å². The van der Waals surface area contributed by atoms with Crippen molar-refractivity contribution in [3.63, 3.8) is 0 Å². The summed E-state index contributed by atoms with van der Waals surface area (Å²) in [5, 5.41) is 2.97. The molecule has 5 nitrogen and oxygen atoms in total. The highest BCUT2D eigenvalue weighted by Gasteiger charge is 2.35. The van der Waals surface area contributed by atoms with Gasteiger partial charge in [-0.1, -0.05) is 18.2 Å². The number of para-hydroxylation sites is 1. The highest BCUT2D eigenvalue weighted by molar-refractivity contribution is 6.38. The zero-order valence-electron chi connectivity index (χ0n) is 12.9. The molecule has 1 N–H and O–H groups in total. The third-order valence-corrected chi connectivity index (χ3v) is 3.57. The van der Waals surface area contributed by atoms with Gasteiger partial charge in [-0.2, -0.15) is 0 Å². The first-order valence-electron chi connectivity index (χ1n) is 7.25. The molecule has 1 aliphatic rings. The molecule has 114 valence electrons. The first-order valence-corrected chi connectivity index (χ1v) is 7.25. The van der Waals surface area contributed by atoms with Crippen molar-refractivity contribution in [1.82, 2.24) is 10.2 Å². The molecule has 0 radical (unpaired) electrons. The molecule has 1 atom stereocenters. The largest absolute Gasteiger partial charge is 0.478 e. The van der Waals surface area contributed by atoms with Crippen LogP contribution in [0, 0.1) is 0 Å². The van der Waals surface area contributed by atoms with Crippen LogP contribution in [-0.2, 0) is 9.59 Å². The van der Waals surface area contributed by atoms with Gasteiger partial charge in [0, 0.05) is 17.6 Å². The highest BCUT2D eigenvalue weighted by atomic mass is 16.5. The number of rotatable bonds is 4. The molecule has 0 aliphatic carbocycles. The summed E-state index contributed by atoms with van der Waals surface area (Å²) in [7, 11) is 0. The molecule has 0 fully saturated rings. The Morgan fingerprint density at radius 3 is 2.43 bits per heavy atom. The fourth-order valence-electron chi connectivity index (χ4n) is 2.71. The first kappa shape index (κ1) is 15.5. The van der Waals surface area contributed by atoms with Gasteiger partial charge in [0.1, 0.15) is 18.5 Å². The number of ketones is 1. The van der Waals surface area contributed by atoms with Crippen LogP contribution in [0.5, 0.6) is 5.75 Å². The summed E-state index contributed by atoms with van der Waals surface area (Å²) in [5.74, 6) is -0.231. The lowest BCUT2D eigenvalue weighted by Gasteiger charge is -2.32. The molecule has 1 aromatic rings. The van der Waals surface area contributed by atoms with Gasteiger partial charge in [-0.3, -0.25) is 14.9 Å². The monoisotopic (exact) mass is 290 g/mol. The number of carbonyl (C=O) groups is 2. The highest BCUT2D eigenvalue weighted by Crippen LogP contribution is 2.29. The molecule has 1 unspecified atom stereocenters. The molecule has 0 aromatic heterocycles. The Morgan fingerprint density at radius 2 is 1.81 bits per heavy atom. The maximum Gasteiger partial charge on any atom is 0.292 e. The van der Waals surface area contributed by atoms with Crippen LogP contribution >= 0.6 is 0 Å². The number of amides is 1. The van der Waals surface area contributed by atoms with Gasteiger partial charge in [-0.15, -0.1) is 0 Å². The molecule has 1 amide bonds. The Bertz CT molecular complexity index is 532. The molecule has 2 rings (SSSR count). The summed E-state index contributed by atoms with van der Waals surface area (Å²) in [6.07, 6.45) is 0. The van der Waals surface area contributed by atoms with Crippen LogP contribution in [0.4, 0.5) is 0 Å². The lowest BCUT2D eigenvalue weighted by Crippen LogP contribution is -2.49. The van der Waals surface area contributed by atoms with Crippen molar-refractivity contribution < 1.29 is 14.3 Å². The van der Waals surface area contributed by atoms with Crippen LogP contribution < -0.4 is 10.1 Å². The summed E-state index contributed by atoms with van der Waals surface area (Å²) in [4.78, 5) is 26.7. The van der Waals surface area contributed by atoms with Gasteiger partial charge in [0.25, 0.3) is 5.91 Å². The fourth-order valence-corrected chi connectivity index (χ4v) is 2.71. The molecular weight excluding hydrogens is 268 g/mol. The Labute approximate surface area is 125 Å². The fraction of sp³-hybridized carbons (Fsp3) is 0.500. The maximum atomic E-state index is 12.6. The van der Waals surface area contributed by atoms with Crippen molar-refractivity contribution in [2.45, 2.75) is 45.8 Å². The normalized spacial score (nSPS) is 17.3. The second-order valence-corrected chi connectivity index (χ2v) is 5.73. The van der Waals surface area contributed by atoms with E-state index in [0.29, 0.717) is 5.75 Å². The molecule has 0 spiro atoms. The summed E-state index contributed by atoms with van der Waals surface area (Å²) >= 11 is 0. The number of hydrogen-bond acceptors (Lipinski definition) is 4. The first-order chi connectivity index (χ1) is 9.93. The van der Waals surface area contributed by atoms with Crippen LogP contribution in [0.2, 0.25) is 0 Å². The van der Waals surface area contributed by atoms with E-state index >= 15 is 0 Å². The van der Waals surface area contributed by atoms with Crippen molar-refractivity contribution >= 4 is 11.7 Å². The number of nitrogens with zero attached hydrogens (tertiary/aromatic N) is 1. The van der Waals surface area contributed by atoms with Gasteiger partial charge in [0.15, 0.2) is 0 Å². The Balaban J connectivity index is 2.27. The topological polar surface area (TPSA) is 58.6 Å². The Morgan fingerprint density at radius 1 is 1.19 bits per heavy atom. The number of benzene rings is 1. The van der Waals surface area contributed by atoms with Crippen LogP contribution in [0.25, 0.3) is 0 Å². The summed E-state index contributed by atoms with van der Waals surface area (Å²) in [6.45, 7) is 7.88. The van der Waals surface area contributed by atoms with Gasteiger partial charge in [-0.25, -0.2) is 0 Å². The van der Waals surface area contributed by atoms with Crippen LogP contribution in [0.1, 0.15) is 39.3 Å². The average molecular weight is 290 g/mol. The van der Waals surface area contributed by atoms with E-state index in [4.69, 9.17) is 4.74 Å². The molecule has 0 bridgehead atoms. The number of ether oxygens (including phenoxy) is 1. The molecule has 1 heterocycles. The summed E-state index contributed by atoms with van der Waals surface area (Å²) in [6, 6.07) is 6.64. The summed E-state index contributed by atoms with van der Waals surface area (Å²) in [5.41, 5.74) is 0.717. The van der Waals surface area contributed by atoms with E-state index in [9.17, 15) is 9.59 Å². The van der Waals surface area contributed by atoms with E-state index in [1.54, 1.807) is 4.90 Å². The van der Waals surface area contributed by atoms with E-state index in [1.807, 2.05) is 52.0 Å². The number of nitrogens with one attached hydrogen (secondary N) is 1. The van der Waals surface area contributed by atoms with Crippen molar-refractivity contribution in [2.24, 2.45) is 0 Å². The smallest absolute Gasteiger partial charge is 0.292 e. The second kappa shape index (κ2) is 6.26. The Kier molecular flexibility index (Phi) is 4.63. The van der Waals surface area contributed by atoms with Gasteiger partial charge in [0.05, 0.1) is 0 Å². The third kappa shape index (κ3) is 3.08.